The molecule has 1 atom stereocenters. The summed E-state index contributed by atoms with van der Waals surface area (Å²) in [5, 5.41) is 15.9. The molecule has 0 bridgehead atoms. The van der Waals surface area contributed by atoms with Crippen LogP contribution in [0.15, 0.2) is 91.5 Å². The van der Waals surface area contributed by atoms with Gasteiger partial charge in [0.2, 0.25) is 0 Å². The van der Waals surface area contributed by atoms with E-state index in [0.29, 0.717) is 19.7 Å². The number of ether oxygens (including phenoxy) is 1. The van der Waals surface area contributed by atoms with E-state index in [0.717, 1.165) is 48.7 Å². The van der Waals surface area contributed by atoms with E-state index < -0.39 is 5.60 Å². The lowest BCUT2D eigenvalue weighted by molar-refractivity contribution is -0.0199. The lowest BCUT2D eigenvalue weighted by atomic mass is 9.92. The molecule has 186 valence electrons. The molecule has 0 spiro atoms. The highest BCUT2D eigenvalue weighted by Gasteiger charge is 2.34. The molecular formula is C28H30FN5O2. The van der Waals surface area contributed by atoms with Crippen LogP contribution >= 0.6 is 0 Å². The molecule has 8 heteroatoms. The maximum absolute atomic E-state index is 13.1. The van der Waals surface area contributed by atoms with Crippen molar-refractivity contribution in [3.8, 4) is 5.75 Å². The maximum Gasteiger partial charge on any atom is 0.137 e. The Morgan fingerprint density at radius 3 is 2.25 bits per heavy atom. The molecule has 7 nitrogen and oxygen atoms in total. The Morgan fingerprint density at radius 2 is 1.58 bits per heavy atom. The van der Waals surface area contributed by atoms with Crippen molar-refractivity contribution in [3.63, 3.8) is 0 Å². The number of hydrogen-bond acceptors (Lipinski definition) is 6. The summed E-state index contributed by atoms with van der Waals surface area (Å²) in [4.78, 5) is 8.68. The minimum absolute atomic E-state index is 0.247. The number of rotatable bonds is 9. The highest BCUT2D eigenvalue weighted by Crippen LogP contribution is 2.26. The van der Waals surface area contributed by atoms with Crippen LogP contribution in [0.2, 0.25) is 0 Å². The standard InChI is InChI=1S/C28H30FN5O2/c29-25-8-6-23(7-9-25)18-36-27-12-10-26(11-13-27)33-16-14-32(15-17-33)19-28(35,20-34-22-30-21-31-34)24-4-2-1-3-5-24/h1-13,21-22,35H,14-20H2. The van der Waals surface area contributed by atoms with Gasteiger partial charge in [0, 0.05) is 38.4 Å². The summed E-state index contributed by atoms with van der Waals surface area (Å²) >= 11 is 0. The van der Waals surface area contributed by atoms with E-state index >= 15 is 0 Å². The van der Waals surface area contributed by atoms with Crippen LogP contribution in [0, 0.1) is 5.82 Å². The van der Waals surface area contributed by atoms with Gasteiger partial charge in [-0.25, -0.2) is 14.1 Å². The Morgan fingerprint density at radius 1 is 0.861 bits per heavy atom. The van der Waals surface area contributed by atoms with E-state index in [1.165, 1.54) is 18.5 Å². The van der Waals surface area contributed by atoms with E-state index in [4.69, 9.17) is 4.74 Å². The average Bonchev–Trinajstić information content (AvgIpc) is 3.42. The monoisotopic (exact) mass is 487 g/mol. The Labute approximate surface area is 210 Å². The van der Waals surface area contributed by atoms with E-state index in [-0.39, 0.29) is 5.82 Å². The molecule has 1 N–H and O–H groups in total. The number of halogens is 1. The normalized spacial score (nSPS) is 16.0. The van der Waals surface area contributed by atoms with E-state index in [1.807, 2.05) is 42.5 Å². The summed E-state index contributed by atoms with van der Waals surface area (Å²) in [6, 6.07) is 24.2. The van der Waals surface area contributed by atoms with Crippen LogP contribution in [0.1, 0.15) is 11.1 Å². The van der Waals surface area contributed by atoms with Crippen LogP contribution in [-0.4, -0.2) is 57.5 Å². The van der Waals surface area contributed by atoms with Crippen molar-refractivity contribution in [1.82, 2.24) is 19.7 Å². The molecule has 5 rings (SSSR count). The second kappa shape index (κ2) is 10.9. The molecule has 1 saturated heterocycles. The zero-order valence-electron chi connectivity index (χ0n) is 20.1. The molecule has 2 heterocycles. The summed E-state index contributed by atoms with van der Waals surface area (Å²) < 4.78 is 20.6. The molecule has 4 aromatic rings. The van der Waals surface area contributed by atoms with Crippen LogP contribution in [0.25, 0.3) is 0 Å². The first-order chi connectivity index (χ1) is 17.6. The number of benzene rings is 3. The Balaban J connectivity index is 1.17. The molecule has 3 aromatic carbocycles. The Hall–Kier alpha value is -3.75. The van der Waals surface area contributed by atoms with Crippen LogP contribution in [-0.2, 0) is 18.8 Å². The second-order valence-corrected chi connectivity index (χ2v) is 9.16. The molecule has 0 saturated carbocycles. The predicted molar refractivity (Wildman–Crippen MR) is 136 cm³/mol. The van der Waals surface area contributed by atoms with Gasteiger partial charge in [0.25, 0.3) is 0 Å². The Kier molecular flexibility index (Phi) is 7.25. The van der Waals surface area contributed by atoms with Gasteiger partial charge >= 0.3 is 0 Å². The number of nitrogens with zero attached hydrogens (tertiary/aromatic N) is 5. The van der Waals surface area contributed by atoms with Crippen molar-refractivity contribution in [2.24, 2.45) is 0 Å². The van der Waals surface area contributed by atoms with Gasteiger partial charge in [-0.05, 0) is 47.5 Å². The number of anilines is 1. The van der Waals surface area contributed by atoms with E-state index in [9.17, 15) is 9.50 Å². The third-order valence-electron chi connectivity index (χ3n) is 6.58. The summed E-state index contributed by atoms with van der Waals surface area (Å²) in [6.07, 6.45) is 3.13. The van der Waals surface area contributed by atoms with Crippen molar-refractivity contribution in [3.05, 3.63) is 108 Å². The third-order valence-corrected chi connectivity index (χ3v) is 6.58. The van der Waals surface area contributed by atoms with Gasteiger partial charge in [-0.3, -0.25) is 4.90 Å². The molecular weight excluding hydrogens is 457 g/mol. The zero-order valence-corrected chi connectivity index (χ0v) is 20.1. The first-order valence-electron chi connectivity index (χ1n) is 12.1. The van der Waals surface area contributed by atoms with Crippen molar-refractivity contribution in [2.75, 3.05) is 37.6 Å². The number of β-amino-alcohol motifs (C(OH)–C–C–N with tert-alkyl or cyclic N) is 1. The minimum atomic E-state index is -1.07. The van der Waals surface area contributed by atoms with Gasteiger partial charge in [-0.2, -0.15) is 5.10 Å². The molecule has 1 aliphatic rings. The van der Waals surface area contributed by atoms with Crippen LogP contribution in [0.5, 0.6) is 5.75 Å². The molecule has 1 aromatic heterocycles. The van der Waals surface area contributed by atoms with E-state index in [1.54, 1.807) is 23.1 Å². The van der Waals surface area contributed by atoms with Crippen molar-refractivity contribution in [1.29, 1.82) is 0 Å². The highest BCUT2D eigenvalue weighted by atomic mass is 19.1. The van der Waals surface area contributed by atoms with Gasteiger partial charge in [-0.1, -0.05) is 42.5 Å². The van der Waals surface area contributed by atoms with Crippen molar-refractivity contribution < 1.29 is 14.2 Å². The van der Waals surface area contributed by atoms with Crippen molar-refractivity contribution >= 4 is 5.69 Å². The molecule has 36 heavy (non-hydrogen) atoms. The molecule has 1 fully saturated rings. The number of aromatic nitrogens is 3. The quantitative estimate of drug-likeness (QED) is 0.388. The topological polar surface area (TPSA) is 66.7 Å². The number of aliphatic hydroxyl groups is 1. The summed E-state index contributed by atoms with van der Waals surface area (Å²) in [6.45, 7) is 4.67. The lowest BCUT2D eigenvalue weighted by Crippen LogP contribution is -2.52. The number of piperazine rings is 1. The van der Waals surface area contributed by atoms with Gasteiger partial charge in [0.05, 0.1) is 6.54 Å². The lowest BCUT2D eigenvalue weighted by Gasteiger charge is -2.40. The molecule has 0 amide bonds. The first kappa shape index (κ1) is 24.0. The fourth-order valence-corrected chi connectivity index (χ4v) is 4.60. The summed E-state index contributed by atoms with van der Waals surface area (Å²) in [7, 11) is 0. The number of hydrogen-bond donors (Lipinski definition) is 1. The van der Waals surface area contributed by atoms with Crippen molar-refractivity contribution in [2.45, 2.75) is 18.8 Å². The minimum Gasteiger partial charge on any atom is -0.489 e. The SMILES string of the molecule is OC(CN1CCN(c2ccc(OCc3ccc(F)cc3)cc2)CC1)(Cn1cncn1)c1ccccc1. The third kappa shape index (κ3) is 5.90. The second-order valence-electron chi connectivity index (χ2n) is 9.16. The van der Waals surface area contributed by atoms with Gasteiger partial charge in [0.15, 0.2) is 0 Å². The summed E-state index contributed by atoms with van der Waals surface area (Å²) in [5.41, 5.74) is 1.88. The fraction of sp³-hybridized carbons (Fsp3) is 0.286. The first-order valence-corrected chi connectivity index (χ1v) is 12.1. The Bertz CT molecular complexity index is 1210. The molecule has 1 aliphatic heterocycles. The van der Waals surface area contributed by atoms with Gasteiger partial charge < -0.3 is 14.7 Å². The highest BCUT2D eigenvalue weighted by molar-refractivity contribution is 5.49. The average molecular weight is 488 g/mol. The zero-order chi connectivity index (χ0) is 24.8. The van der Waals surface area contributed by atoms with E-state index in [2.05, 4.69) is 32.0 Å². The van der Waals surface area contributed by atoms with Crippen LogP contribution in [0.4, 0.5) is 10.1 Å². The maximum atomic E-state index is 13.1. The fourth-order valence-electron chi connectivity index (χ4n) is 4.60. The molecule has 0 aliphatic carbocycles. The predicted octanol–water partition coefficient (Wildman–Crippen LogP) is 3.71. The molecule has 1 unspecified atom stereocenters. The van der Waals surface area contributed by atoms with Crippen LogP contribution < -0.4 is 9.64 Å². The van der Waals surface area contributed by atoms with Crippen LogP contribution in [0.3, 0.4) is 0 Å². The summed E-state index contributed by atoms with van der Waals surface area (Å²) in [5.74, 6) is 0.533. The smallest absolute Gasteiger partial charge is 0.137 e. The molecule has 0 radical (unpaired) electrons. The largest absolute Gasteiger partial charge is 0.489 e. The van der Waals surface area contributed by atoms with Gasteiger partial charge in [0.1, 0.15) is 36.4 Å². The van der Waals surface area contributed by atoms with Gasteiger partial charge in [-0.15, -0.1) is 0 Å².